The van der Waals surface area contributed by atoms with Gasteiger partial charge in [-0.25, -0.2) is 0 Å². The second-order valence-corrected chi connectivity index (χ2v) is 3.83. The summed E-state index contributed by atoms with van der Waals surface area (Å²) >= 11 is 0. The molecule has 0 saturated carbocycles. The van der Waals surface area contributed by atoms with Crippen molar-refractivity contribution in [1.29, 1.82) is 0 Å². The van der Waals surface area contributed by atoms with Crippen molar-refractivity contribution in [3.05, 3.63) is 35.9 Å². The maximum atomic E-state index is 9.96. The molecule has 90 valence electrons. The number of nitrogens with one attached hydrogen (secondary N) is 1. The maximum absolute atomic E-state index is 9.96. The average Bonchev–Trinajstić information content (AvgIpc) is 2.31. The molecule has 1 aromatic carbocycles. The van der Waals surface area contributed by atoms with Crippen LogP contribution < -0.4 is 4.90 Å². The molecule has 4 nitrogen and oxygen atoms in total. The van der Waals surface area contributed by atoms with Crippen LogP contribution in [0.4, 0.5) is 0 Å². The topological polar surface area (TPSA) is 65.1 Å². The monoisotopic (exact) mass is 226 g/mol. The quantitative estimate of drug-likeness (QED) is 0.462. The van der Waals surface area contributed by atoms with Gasteiger partial charge in [-0.3, -0.25) is 0 Å². The van der Waals surface area contributed by atoms with Crippen molar-refractivity contribution in [3.8, 4) is 0 Å². The summed E-state index contributed by atoms with van der Waals surface area (Å²) in [4.78, 5) is 1.00. The third kappa shape index (κ3) is 4.28. The number of benzene rings is 1. The number of hydrogen-bond acceptors (Lipinski definition) is 3. The molecule has 1 rings (SSSR count). The van der Waals surface area contributed by atoms with Gasteiger partial charge in [0.2, 0.25) is 0 Å². The SMILES string of the molecule is OCC[NH+](CCO)C[C@@H](O)c1ccccc1. The normalized spacial score (nSPS) is 13.0. The van der Waals surface area contributed by atoms with Gasteiger partial charge in [-0.1, -0.05) is 30.3 Å². The molecule has 1 atom stereocenters. The van der Waals surface area contributed by atoms with Crippen molar-refractivity contribution in [3.63, 3.8) is 0 Å². The number of aliphatic hydroxyl groups is 3. The molecule has 16 heavy (non-hydrogen) atoms. The molecule has 0 aromatic heterocycles. The molecule has 0 fully saturated rings. The van der Waals surface area contributed by atoms with Crippen molar-refractivity contribution >= 4 is 0 Å². The van der Waals surface area contributed by atoms with Crippen molar-refractivity contribution in [2.24, 2.45) is 0 Å². The van der Waals surface area contributed by atoms with E-state index >= 15 is 0 Å². The Balaban J connectivity index is 2.50. The Morgan fingerprint density at radius 3 is 2.06 bits per heavy atom. The Hall–Kier alpha value is -0.940. The fraction of sp³-hybridized carbons (Fsp3) is 0.500. The standard InChI is InChI=1S/C12H19NO3/c14-8-6-13(7-9-15)10-12(16)11-4-2-1-3-5-11/h1-5,12,14-16H,6-10H2/p+1/t12-/m1/s1. The molecule has 0 saturated heterocycles. The van der Waals surface area contributed by atoms with Crippen LogP contribution in [0.15, 0.2) is 30.3 Å². The number of aliphatic hydroxyl groups excluding tert-OH is 3. The van der Waals surface area contributed by atoms with Crippen LogP contribution in [-0.4, -0.2) is 48.2 Å². The molecule has 4 heteroatoms. The zero-order valence-electron chi connectivity index (χ0n) is 9.34. The van der Waals surface area contributed by atoms with Gasteiger partial charge in [0.15, 0.2) is 0 Å². The highest BCUT2D eigenvalue weighted by Crippen LogP contribution is 2.09. The molecule has 0 spiro atoms. The highest BCUT2D eigenvalue weighted by Gasteiger charge is 2.15. The van der Waals surface area contributed by atoms with Gasteiger partial charge >= 0.3 is 0 Å². The lowest BCUT2D eigenvalue weighted by Crippen LogP contribution is -3.13. The first-order chi connectivity index (χ1) is 7.77. The molecular formula is C12H20NO3+. The lowest BCUT2D eigenvalue weighted by molar-refractivity contribution is -0.904. The predicted octanol–water partition coefficient (Wildman–Crippen LogP) is -1.41. The highest BCUT2D eigenvalue weighted by atomic mass is 16.3. The minimum absolute atomic E-state index is 0.0663. The van der Waals surface area contributed by atoms with E-state index in [2.05, 4.69) is 0 Å². The number of rotatable bonds is 7. The Morgan fingerprint density at radius 2 is 1.56 bits per heavy atom. The first-order valence-corrected chi connectivity index (χ1v) is 5.56. The summed E-state index contributed by atoms with van der Waals surface area (Å²) < 4.78 is 0. The summed E-state index contributed by atoms with van der Waals surface area (Å²) in [5, 5.41) is 27.7. The minimum Gasteiger partial charge on any atom is -0.391 e. The third-order valence-electron chi connectivity index (χ3n) is 2.60. The molecule has 0 aliphatic rings. The van der Waals surface area contributed by atoms with Gasteiger partial charge < -0.3 is 20.2 Å². The van der Waals surface area contributed by atoms with E-state index in [1.54, 1.807) is 0 Å². The van der Waals surface area contributed by atoms with Crippen molar-refractivity contribution < 1.29 is 20.2 Å². The van der Waals surface area contributed by atoms with Gasteiger partial charge in [0, 0.05) is 0 Å². The molecule has 0 amide bonds. The van der Waals surface area contributed by atoms with E-state index in [1.807, 2.05) is 30.3 Å². The van der Waals surface area contributed by atoms with Crippen molar-refractivity contribution in [1.82, 2.24) is 0 Å². The highest BCUT2D eigenvalue weighted by molar-refractivity contribution is 5.17. The Kier molecular flexibility index (Phi) is 6.03. The van der Waals surface area contributed by atoms with E-state index < -0.39 is 6.10 Å². The molecule has 0 heterocycles. The van der Waals surface area contributed by atoms with E-state index in [0.29, 0.717) is 19.6 Å². The predicted molar refractivity (Wildman–Crippen MR) is 61.1 cm³/mol. The first-order valence-electron chi connectivity index (χ1n) is 5.56. The summed E-state index contributed by atoms with van der Waals surface area (Å²) in [7, 11) is 0. The molecule has 0 aliphatic heterocycles. The molecule has 4 N–H and O–H groups in total. The zero-order valence-corrected chi connectivity index (χ0v) is 9.34. The largest absolute Gasteiger partial charge is 0.391 e. The molecule has 0 bridgehead atoms. The molecular weight excluding hydrogens is 206 g/mol. The second-order valence-electron chi connectivity index (χ2n) is 3.83. The van der Waals surface area contributed by atoms with Crippen LogP contribution in [0, 0.1) is 0 Å². The Labute approximate surface area is 95.8 Å². The van der Waals surface area contributed by atoms with Gasteiger partial charge in [-0.05, 0) is 5.56 Å². The lowest BCUT2D eigenvalue weighted by atomic mass is 10.1. The fourth-order valence-electron chi connectivity index (χ4n) is 1.71. The average molecular weight is 226 g/mol. The van der Waals surface area contributed by atoms with Gasteiger partial charge in [0.1, 0.15) is 25.7 Å². The second kappa shape index (κ2) is 7.35. The summed E-state index contributed by atoms with van der Waals surface area (Å²) in [6.07, 6.45) is -0.547. The summed E-state index contributed by atoms with van der Waals surface area (Å²) in [6, 6.07) is 9.43. The van der Waals surface area contributed by atoms with E-state index in [4.69, 9.17) is 10.2 Å². The van der Waals surface area contributed by atoms with Crippen LogP contribution in [0.25, 0.3) is 0 Å². The van der Waals surface area contributed by atoms with Gasteiger partial charge in [-0.2, -0.15) is 0 Å². The summed E-state index contributed by atoms with van der Waals surface area (Å²) in [5.74, 6) is 0. The number of quaternary nitrogens is 1. The van der Waals surface area contributed by atoms with Crippen LogP contribution in [0.3, 0.4) is 0 Å². The van der Waals surface area contributed by atoms with Crippen LogP contribution in [0.5, 0.6) is 0 Å². The summed E-state index contributed by atoms with van der Waals surface area (Å²) in [6.45, 7) is 1.73. The van der Waals surface area contributed by atoms with Crippen LogP contribution in [0.1, 0.15) is 11.7 Å². The molecule has 1 aromatic rings. The van der Waals surface area contributed by atoms with Crippen LogP contribution >= 0.6 is 0 Å². The Bertz CT molecular complexity index is 273. The molecule has 0 aliphatic carbocycles. The zero-order chi connectivity index (χ0) is 11.8. The first kappa shape index (κ1) is 13.1. The van der Waals surface area contributed by atoms with Crippen molar-refractivity contribution in [2.75, 3.05) is 32.8 Å². The van der Waals surface area contributed by atoms with E-state index in [-0.39, 0.29) is 13.2 Å². The fourth-order valence-corrected chi connectivity index (χ4v) is 1.71. The summed E-state index contributed by atoms with van der Waals surface area (Å²) in [5.41, 5.74) is 0.871. The third-order valence-corrected chi connectivity index (χ3v) is 2.60. The van der Waals surface area contributed by atoms with Gasteiger partial charge in [0.05, 0.1) is 13.2 Å². The van der Waals surface area contributed by atoms with E-state index in [9.17, 15) is 5.11 Å². The molecule has 0 radical (unpaired) electrons. The van der Waals surface area contributed by atoms with Crippen LogP contribution in [0.2, 0.25) is 0 Å². The van der Waals surface area contributed by atoms with E-state index in [1.165, 1.54) is 0 Å². The van der Waals surface area contributed by atoms with Crippen LogP contribution in [-0.2, 0) is 0 Å². The molecule has 0 unspecified atom stereocenters. The Morgan fingerprint density at radius 1 is 1.00 bits per heavy atom. The van der Waals surface area contributed by atoms with E-state index in [0.717, 1.165) is 10.5 Å². The maximum Gasteiger partial charge on any atom is 0.128 e. The smallest absolute Gasteiger partial charge is 0.128 e. The van der Waals surface area contributed by atoms with Crippen molar-refractivity contribution in [2.45, 2.75) is 6.10 Å². The number of hydrogen-bond donors (Lipinski definition) is 4. The minimum atomic E-state index is -0.547. The van der Waals surface area contributed by atoms with Gasteiger partial charge in [-0.15, -0.1) is 0 Å². The lowest BCUT2D eigenvalue weighted by Gasteiger charge is -2.20. The van der Waals surface area contributed by atoms with Gasteiger partial charge in [0.25, 0.3) is 0 Å².